The van der Waals surface area contributed by atoms with Gasteiger partial charge in [-0.05, 0) is 65.7 Å². The molecule has 0 radical (unpaired) electrons. The number of aryl methyl sites for hydroxylation is 2. The molecule has 0 spiro atoms. The van der Waals surface area contributed by atoms with E-state index in [1.54, 1.807) is 0 Å². The summed E-state index contributed by atoms with van der Waals surface area (Å²) in [6.07, 6.45) is 5.20. The Kier molecular flexibility index (Phi) is 2.75. The molecule has 0 atom stereocenters. The van der Waals surface area contributed by atoms with E-state index in [1.807, 2.05) is 0 Å². The predicted octanol–water partition coefficient (Wildman–Crippen LogP) is 3.91. The minimum atomic E-state index is 0.779. The van der Waals surface area contributed by atoms with E-state index in [1.165, 1.54) is 64.4 Å². The normalized spacial score (nSPS) is 18.2. The molecule has 100 valence electrons. The number of halogens is 1. The summed E-state index contributed by atoms with van der Waals surface area (Å²) in [5, 5.41) is 5.03. The largest absolute Gasteiger partial charge is 0.343 e. The molecule has 0 amide bonds. The van der Waals surface area contributed by atoms with Crippen LogP contribution in [0.15, 0.2) is 16.6 Å². The zero-order valence-corrected chi connectivity index (χ0v) is 12.9. The molecule has 0 bridgehead atoms. The molecule has 19 heavy (non-hydrogen) atoms. The maximum atomic E-state index is 3.79. The molecule has 1 aromatic heterocycles. The van der Waals surface area contributed by atoms with Crippen molar-refractivity contribution in [3.8, 4) is 0 Å². The fourth-order valence-electron chi connectivity index (χ4n) is 3.28. The zero-order chi connectivity index (χ0) is 13.0. The monoisotopic (exact) mass is 318 g/mol. The van der Waals surface area contributed by atoms with Gasteiger partial charge in [0, 0.05) is 34.7 Å². The second-order valence-electron chi connectivity index (χ2n) is 5.96. The third-order valence-corrected chi connectivity index (χ3v) is 5.48. The summed E-state index contributed by atoms with van der Waals surface area (Å²) in [5.41, 5.74) is 5.81. The van der Waals surface area contributed by atoms with Gasteiger partial charge in [-0.1, -0.05) is 6.07 Å². The van der Waals surface area contributed by atoms with Crippen LogP contribution >= 0.6 is 15.9 Å². The first kappa shape index (κ1) is 12.0. The van der Waals surface area contributed by atoms with Crippen LogP contribution in [0.25, 0.3) is 10.9 Å². The first-order chi connectivity index (χ1) is 9.24. The van der Waals surface area contributed by atoms with E-state index in [0.717, 1.165) is 12.6 Å². The van der Waals surface area contributed by atoms with Gasteiger partial charge in [0.1, 0.15) is 0 Å². The highest BCUT2D eigenvalue weighted by Crippen LogP contribution is 2.36. The van der Waals surface area contributed by atoms with Crippen molar-refractivity contribution >= 4 is 26.8 Å². The van der Waals surface area contributed by atoms with E-state index >= 15 is 0 Å². The number of rotatable bonds is 3. The fourth-order valence-corrected chi connectivity index (χ4v) is 3.79. The van der Waals surface area contributed by atoms with Crippen LogP contribution in [0.3, 0.4) is 0 Å². The third-order valence-electron chi connectivity index (χ3n) is 4.48. The van der Waals surface area contributed by atoms with Gasteiger partial charge in [-0.3, -0.25) is 0 Å². The van der Waals surface area contributed by atoms with Gasteiger partial charge in [0.05, 0.1) is 5.52 Å². The highest BCUT2D eigenvalue weighted by atomic mass is 79.9. The summed E-state index contributed by atoms with van der Waals surface area (Å²) < 4.78 is 3.77. The van der Waals surface area contributed by atoms with Crippen LogP contribution in [0.4, 0.5) is 0 Å². The molecule has 2 heterocycles. The van der Waals surface area contributed by atoms with Gasteiger partial charge >= 0.3 is 0 Å². The molecule has 1 aromatic carbocycles. The summed E-state index contributed by atoms with van der Waals surface area (Å²) >= 11 is 3.79. The van der Waals surface area contributed by atoms with Crippen molar-refractivity contribution in [3.05, 3.63) is 33.4 Å². The van der Waals surface area contributed by atoms with Gasteiger partial charge in [-0.25, -0.2) is 0 Å². The molecule has 1 aliphatic carbocycles. The molecule has 1 saturated carbocycles. The van der Waals surface area contributed by atoms with Crippen molar-refractivity contribution < 1.29 is 0 Å². The first-order valence-corrected chi connectivity index (χ1v) is 8.07. The van der Waals surface area contributed by atoms with E-state index in [0.29, 0.717) is 0 Å². The van der Waals surface area contributed by atoms with E-state index in [4.69, 9.17) is 0 Å². The number of hydrogen-bond donors (Lipinski definition) is 1. The lowest BCUT2D eigenvalue weighted by Crippen LogP contribution is -2.16. The molecular weight excluding hydrogens is 300 g/mol. The minimum absolute atomic E-state index is 0.779. The highest BCUT2D eigenvalue weighted by molar-refractivity contribution is 9.10. The smallest absolute Gasteiger partial charge is 0.0526 e. The van der Waals surface area contributed by atoms with Crippen molar-refractivity contribution in [2.24, 2.45) is 0 Å². The number of nitrogens with one attached hydrogen (secondary N) is 1. The average molecular weight is 319 g/mol. The molecule has 3 heteroatoms. The Labute approximate surface area is 122 Å². The second-order valence-corrected chi connectivity index (χ2v) is 6.75. The molecule has 2 nitrogen and oxygen atoms in total. The van der Waals surface area contributed by atoms with E-state index < -0.39 is 0 Å². The van der Waals surface area contributed by atoms with E-state index in [2.05, 4.69) is 44.9 Å². The molecular formula is C16H19BrN2. The van der Waals surface area contributed by atoms with Crippen LogP contribution in [0, 0.1) is 6.92 Å². The van der Waals surface area contributed by atoms with Crippen molar-refractivity contribution in [1.82, 2.24) is 9.88 Å². The van der Waals surface area contributed by atoms with Gasteiger partial charge in [0.15, 0.2) is 0 Å². The Bertz CT molecular complexity index is 653. The number of nitrogens with zero attached hydrogens (tertiary/aromatic N) is 1. The Balaban J connectivity index is 1.82. The van der Waals surface area contributed by atoms with Gasteiger partial charge in [0.2, 0.25) is 0 Å². The predicted molar refractivity (Wildman–Crippen MR) is 82.6 cm³/mol. The lowest BCUT2D eigenvalue weighted by Gasteiger charge is -2.18. The Hall–Kier alpha value is -0.800. The van der Waals surface area contributed by atoms with Gasteiger partial charge in [0.25, 0.3) is 0 Å². The fraction of sp³-hybridized carbons (Fsp3) is 0.500. The molecule has 1 fully saturated rings. The van der Waals surface area contributed by atoms with Gasteiger partial charge in [-0.15, -0.1) is 0 Å². The van der Waals surface area contributed by atoms with Crippen molar-refractivity contribution in [2.45, 2.75) is 51.7 Å². The molecule has 2 aromatic rings. The van der Waals surface area contributed by atoms with Gasteiger partial charge < -0.3 is 9.88 Å². The Morgan fingerprint density at radius 3 is 3.00 bits per heavy atom. The lowest BCUT2D eigenvalue weighted by molar-refractivity contribution is 0.621. The summed E-state index contributed by atoms with van der Waals surface area (Å²) in [5.74, 6) is 0. The number of benzene rings is 1. The maximum Gasteiger partial charge on any atom is 0.0526 e. The SMILES string of the molecule is Cc1c(Br)c2cc(CNC3CC3)cc3c2n1CCC3. The molecule has 2 aliphatic rings. The molecule has 1 N–H and O–H groups in total. The number of hydrogen-bond acceptors (Lipinski definition) is 1. The maximum absolute atomic E-state index is 3.79. The average Bonchev–Trinajstić information content (AvgIpc) is 3.22. The topological polar surface area (TPSA) is 17.0 Å². The summed E-state index contributed by atoms with van der Waals surface area (Å²) in [6, 6.07) is 5.56. The molecule has 0 saturated heterocycles. The quantitative estimate of drug-likeness (QED) is 0.907. The van der Waals surface area contributed by atoms with Crippen LogP contribution in [0.5, 0.6) is 0 Å². The van der Waals surface area contributed by atoms with Crippen LogP contribution < -0.4 is 5.32 Å². The lowest BCUT2D eigenvalue weighted by atomic mass is 10.0. The minimum Gasteiger partial charge on any atom is -0.343 e. The highest BCUT2D eigenvalue weighted by Gasteiger charge is 2.22. The van der Waals surface area contributed by atoms with Crippen molar-refractivity contribution in [1.29, 1.82) is 0 Å². The van der Waals surface area contributed by atoms with E-state index in [-0.39, 0.29) is 0 Å². The van der Waals surface area contributed by atoms with Crippen molar-refractivity contribution in [3.63, 3.8) is 0 Å². The van der Waals surface area contributed by atoms with Crippen molar-refractivity contribution in [2.75, 3.05) is 0 Å². The Morgan fingerprint density at radius 1 is 1.37 bits per heavy atom. The third kappa shape index (κ3) is 1.95. The molecule has 0 unspecified atom stereocenters. The summed E-state index contributed by atoms with van der Waals surface area (Å²) in [4.78, 5) is 0. The summed E-state index contributed by atoms with van der Waals surface area (Å²) in [6.45, 7) is 4.41. The Morgan fingerprint density at radius 2 is 2.21 bits per heavy atom. The zero-order valence-electron chi connectivity index (χ0n) is 11.3. The van der Waals surface area contributed by atoms with Crippen LogP contribution in [0.1, 0.15) is 36.1 Å². The molecule has 4 rings (SSSR count). The second kappa shape index (κ2) is 4.35. The van der Waals surface area contributed by atoms with E-state index in [9.17, 15) is 0 Å². The van der Waals surface area contributed by atoms with Crippen LogP contribution in [0.2, 0.25) is 0 Å². The van der Waals surface area contributed by atoms with Gasteiger partial charge in [-0.2, -0.15) is 0 Å². The standard InChI is InChI=1S/C16H19BrN2/c1-10-15(17)14-8-11(9-18-13-4-5-13)7-12-3-2-6-19(10)16(12)14/h7-8,13,18H,2-6,9H2,1H3. The molecule has 1 aliphatic heterocycles. The van der Waals surface area contributed by atoms with Crippen LogP contribution in [-0.2, 0) is 19.5 Å². The first-order valence-electron chi connectivity index (χ1n) is 7.27. The summed E-state index contributed by atoms with van der Waals surface area (Å²) in [7, 11) is 0. The van der Waals surface area contributed by atoms with Crippen LogP contribution in [-0.4, -0.2) is 10.6 Å². The number of aromatic nitrogens is 1.